The van der Waals surface area contributed by atoms with Gasteiger partial charge in [-0.3, -0.25) is 29.4 Å². The van der Waals surface area contributed by atoms with Crippen LogP contribution in [0.5, 0.6) is 23.0 Å². The summed E-state index contributed by atoms with van der Waals surface area (Å²) in [6.07, 6.45) is 1.50. The van der Waals surface area contributed by atoms with Crippen LogP contribution in [0, 0.1) is 10.1 Å². The maximum absolute atomic E-state index is 14.0. The summed E-state index contributed by atoms with van der Waals surface area (Å²) in [4.78, 5) is 46.9. The fourth-order valence-electron chi connectivity index (χ4n) is 7.43. The van der Waals surface area contributed by atoms with Crippen molar-refractivity contribution in [3.63, 3.8) is 0 Å². The molecule has 5 aromatic carbocycles. The molecular weight excluding hydrogens is 745 g/mol. The van der Waals surface area contributed by atoms with Crippen molar-refractivity contribution in [3.05, 3.63) is 141 Å². The second-order valence-corrected chi connectivity index (χ2v) is 14.7. The van der Waals surface area contributed by atoms with Crippen LogP contribution in [0.3, 0.4) is 0 Å². The summed E-state index contributed by atoms with van der Waals surface area (Å²) in [5.74, 6) is 0.892. The molecule has 0 aromatic heterocycles. The van der Waals surface area contributed by atoms with E-state index in [0.717, 1.165) is 35.3 Å². The van der Waals surface area contributed by atoms with E-state index in [-0.39, 0.29) is 42.5 Å². The van der Waals surface area contributed by atoms with Gasteiger partial charge in [0, 0.05) is 48.2 Å². The molecule has 2 unspecified atom stereocenters. The van der Waals surface area contributed by atoms with Gasteiger partial charge >= 0.3 is 0 Å². The van der Waals surface area contributed by atoms with Crippen LogP contribution < -0.4 is 28.7 Å². The average Bonchev–Trinajstić information content (AvgIpc) is 3.82. The van der Waals surface area contributed by atoms with E-state index in [1.807, 2.05) is 65.1 Å². The number of hydrogen-bond acceptors (Lipinski definition) is 10. The lowest BCUT2D eigenvalue weighted by atomic mass is 10.1. The van der Waals surface area contributed by atoms with Gasteiger partial charge in [-0.15, -0.1) is 0 Å². The molecule has 2 atom stereocenters. The molecule has 5 aromatic rings. The monoisotopic (exact) mass is 787 g/mol. The van der Waals surface area contributed by atoms with Gasteiger partial charge in [0.15, 0.2) is 23.0 Å². The maximum atomic E-state index is 14.0. The van der Waals surface area contributed by atoms with Crippen molar-refractivity contribution in [2.75, 3.05) is 44.2 Å². The molecule has 0 saturated carbocycles. The molecule has 2 amide bonds. The zero-order valence-corrected chi connectivity index (χ0v) is 33.0. The Balaban J connectivity index is 1.07. The van der Waals surface area contributed by atoms with Crippen molar-refractivity contribution in [1.29, 1.82) is 0 Å². The molecule has 57 heavy (non-hydrogen) atoms. The number of amides is 2. The molecule has 2 aliphatic heterocycles. The Hall–Kier alpha value is -6.30. The molecule has 2 heterocycles. The Morgan fingerprint density at radius 3 is 2.16 bits per heavy atom. The van der Waals surface area contributed by atoms with E-state index >= 15 is 0 Å². The molecule has 13 nitrogen and oxygen atoms in total. The summed E-state index contributed by atoms with van der Waals surface area (Å²) in [5.41, 5.74) is 5.86. The number of nitro benzene ring substituents is 1. The number of hydrogen-bond donors (Lipinski definition) is 0. The quantitative estimate of drug-likeness (QED) is 0.0483. The van der Waals surface area contributed by atoms with E-state index in [4.69, 9.17) is 18.9 Å². The molecule has 7 rings (SSSR count). The third-order valence-electron chi connectivity index (χ3n) is 10.1. The fraction of sp³-hybridized carbons (Fsp3) is 0.233. The summed E-state index contributed by atoms with van der Waals surface area (Å²) in [6.45, 7) is 4.78. The lowest BCUT2D eigenvalue weighted by Crippen LogP contribution is -2.42. The highest BCUT2D eigenvalue weighted by Gasteiger charge is 2.35. The Kier molecular flexibility index (Phi) is 11.5. The van der Waals surface area contributed by atoms with E-state index in [1.165, 1.54) is 26.4 Å². The minimum Gasteiger partial charge on any atom is -0.493 e. The number of aliphatic imine (C=N–C) groups is 1. The molecular formula is C43H42N5O8P. The van der Waals surface area contributed by atoms with Crippen molar-refractivity contribution in [2.24, 2.45) is 4.99 Å². The number of nitro groups is 1. The number of non-ortho nitro benzene ring substituents is 1. The predicted octanol–water partition coefficient (Wildman–Crippen LogP) is 7.60. The number of carbonyl (C=O) groups is 2. The van der Waals surface area contributed by atoms with E-state index < -0.39 is 4.92 Å². The van der Waals surface area contributed by atoms with Crippen LogP contribution in [-0.2, 0) is 26.1 Å². The van der Waals surface area contributed by atoms with Crippen molar-refractivity contribution >= 4 is 50.7 Å². The summed E-state index contributed by atoms with van der Waals surface area (Å²) in [5, 5.41) is 12.0. The highest BCUT2D eigenvalue weighted by Crippen LogP contribution is 2.39. The van der Waals surface area contributed by atoms with Crippen LogP contribution in [0.25, 0.3) is 0 Å². The smallest absolute Gasteiger partial charge is 0.270 e. The topological polar surface area (TPSA) is 136 Å². The second kappa shape index (κ2) is 16.8. The molecule has 292 valence electrons. The molecule has 0 N–H and O–H groups in total. The van der Waals surface area contributed by atoms with Crippen LogP contribution in [0.2, 0.25) is 0 Å². The van der Waals surface area contributed by atoms with Crippen molar-refractivity contribution in [2.45, 2.75) is 32.1 Å². The number of rotatable bonds is 14. The first-order chi connectivity index (χ1) is 27.6. The molecule has 2 aliphatic rings. The molecule has 0 spiro atoms. The number of carbonyl (C=O) groups excluding carboxylic acids is 2. The van der Waals surface area contributed by atoms with Crippen LogP contribution in [-0.4, -0.2) is 68.5 Å². The highest BCUT2D eigenvalue weighted by molar-refractivity contribution is 7.13. The zero-order chi connectivity index (χ0) is 40.2. The Bertz CT molecular complexity index is 2370. The lowest BCUT2D eigenvalue weighted by Gasteiger charge is -2.28. The van der Waals surface area contributed by atoms with Gasteiger partial charge in [0.05, 0.1) is 36.4 Å². The maximum Gasteiger partial charge on any atom is 0.270 e. The number of benzene rings is 5. The molecule has 0 fully saturated rings. The first-order valence-electron chi connectivity index (χ1n) is 18.2. The van der Waals surface area contributed by atoms with Gasteiger partial charge in [-0.05, 0) is 91.3 Å². The zero-order valence-electron chi connectivity index (χ0n) is 31.8. The van der Waals surface area contributed by atoms with Crippen molar-refractivity contribution in [1.82, 2.24) is 4.67 Å². The van der Waals surface area contributed by atoms with Gasteiger partial charge in [-0.25, -0.2) is 0 Å². The molecule has 0 bridgehead atoms. The third kappa shape index (κ3) is 8.16. The number of methoxy groups -OCH3 is 2. The van der Waals surface area contributed by atoms with Gasteiger partial charge in [-0.2, -0.15) is 0 Å². The Labute approximate surface area is 332 Å². The minimum absolute atomic E-state index is 0.0370. The second-order valence-electron chi connectivity index (χ2n) is 13.8. The van der Waals surface area contributed by atoms with E-state index in [0.29, 0.717) is 58.3 Å². The van der Waals surface area contributed by atoms with Crippen LogP contribution in [0.15, 0.2) is 102 Å². The Morgan fingerprint density at radius 2 is 1.49 bits per heavy atom. The summed E-state index contributed by atoms with van der Waals surface area (Å²) < 4.78 is 25.5. The lowest BCUT2D eigenvalue weighted by molar-refractivity contribution is -0.385. The summed E-state index contributed by atoms with van der Waals surface area (Å²) >= 11 is 0. The van der Waals surface area contributed by atoms with Crippen molar-refractivity contribution in [3.8, 4) is 23.0 Å². The predicted molar refractivity (Wildman–Crippen MR) is 222 cm³/mol. The summed E-state index contributed by atoms with van der Waals surface area (Å²) in [6, 6.07) is 28.4. The number of para-hydroxylation sites is 2. The van der Waals surface area contributed by atoms with Gasteiger partial charge in [0.2, 0.25) is 0 Å². The fourth-order valence-corrected chi connectivity index (χ4v) is 7.67. The number of anilines is 2. The van der Waals surface area contributed by atoms with E-state index in [1.54, 1.807) is 41.3 Å². The van der Waals surface area contributed by atoms with Crippen LogP contribution in [0.1, 0.15) is 43.0 Å². The van der Waals surface area contributed by atoms with Crippen LogP contribution in [0.4, 0.5) is 22.7 Å². The molecule has 0 saturated heterocycles. The number of nitrogens with zero attached hydrogens (tertiary/aromatic N) is 5. The van der Waals surface area contributed by atoms with E-state index in [2.05, 4.69) is 21.1 Å². The van der Waals surface area contributed by atoms with Gasteiger partial charge in [-0.1, -0.05) is 45.8 Å². The standard InChI is InChI=1S/C43H42N5O8P/c1-44-35-23-41(40(54-4)22-34(35)43(50)46-16-15-29-9-5-7-11-36(29)46)56-26-28-17-27(18-32(19-28)48(51)52)25-55-38-14-13-31(21-39(38)53-3)42(49)47-33(24-45(2)57)20-30-10-6-8-12-37(30)47/h5-14,17-19,21-23,33H,1,15-16,20,24-26,57H2,2-4H3. The molecule has 0 radical (unpaired) electrons. The molecule has 0 aliphatic carbocycles. The SMILES string of the molecule is C=Nc1cc(OCc2cc(COc3ccc(C(=O)N4c5ccccc5CC4CN(C)P)cc3OC)cc([N+](=O)[O-])c2)c(OC)cc1C(=O)N1CCc2ccccc21. The number of ether oxygens (including phenoxy) is 4. The van der Waals surface area contributed by atoms with E-state index in [9.17, 15) is 19.7 Å². The molecule has 14 heteroatoms. The van der Waals surface area contributed by atoms with Gasteiger partial charge < -0.3 is 28.7 Å². The number of fused-ring (bicyclic) bond motifs is 2. The van der Waals surface area contributed by atoms with Gasteiger partial charge in [0.1, 0.15) is 13.2 Å². The average molecular weight is 788 g/mol. The highest BCUT2D eigenvalue weighted by atomic mass is 31.0. The van der Waals surface area contributed by atoms with Gasteiger partial charge in [0.25, 0.3) is 17.5 Å². The minimum atomic E-state index is -0.482. The third-order valence-corrected chi connectivity index (χ3v) is 10.3. The largest absolute Gasteiger partial charge is 0.493 e. The normalized spacial score (nSPS) is 14.2. The Morgan fingerprint density at radius 1 is 0.842 bits per heavy atom. The summed E-state index contributed by atoms with van der Waals surface area (Å²) in [7, 11) is 7.57. The first kappa shape index (κ1) is 39.0. The van der Waals surface area contributed by atoms with Crippen molar-refractivity contribution < 1.29 is 33.5 Å². The van der Waals surface area contributed by atoms with Crippen LogP contribution >= 0.6 is 9.39 Å². The first-order valence-corrected chi connectivity index (χ1v) is 18.8. The number of likely N-dealkylation sites (N-methyl/N-ethyl adjacent to an activating group) is 1.